The first-order valence-corrected chi connectivity index (χ1v) is 8.84. The number of benzene rings is 1. The second kappa shape index (κ2) is 6.10. The normalized spacial score (nSPS) is 23.6. The number of nitrogens with one attached hydrogen (secondary N) is 1. The van der Waals surface area contributed by atoms with Crippen LogP contribution in [0.25, 0.3) is 10.9 Å². The molecule has 0 bridgehead atoms. The van der Waals surface area contributed by atoms with E-state index in [4.69, 9.17) is 4.74 Å². The quantitative estimate of drug-likeness (QED) is 0.911. The number of likely N-dealkylation sites (tertiary alicyclic amines) is 1. The van der Waals surface area contributed by atoms with Crippen molar-refractivity contribution in [3.63, 3.8) is 0 Å². The number of fused-ring (bicyclic) bond motifs is 1. The number of rotatable bonds is 2. The minimum atomic E-state index is -0.425. The average molecular weight is 341 g/mol. The maximum absolute atomic E-state index is 12.8. The predicted molar refractivity (Wildman–Crippen MR) is 94.3 cm³/mol. The zero-order valence-corrected chi connectivity index (χ0v) is 14.5. The Bertz CT molecular complexity index is 828. The second-order valence-corrected chi connectivity index (χ2v) is 7.12. The lowest BCUT2D eigenvalue weighted by molar-refractivity contribution is -0.130. The van der Waals surface area contributed by atoms with E-state index in [1.807, 2.05) is 30.3 Å². The third-order valence-electron chi connectivity index (χ3n) is 5.44. The molecule has 2 aliphatic rings. The van der Waals surface area contributed by atoms with Crippen molar-refractivity contribution in [3.8, 4) is 0 Å². The number of aryl methyl sites for hydroxylation is 1. The molecule has 1 aromatic carbocycles. The van der Waals surface area contributed by atoms with Crippen LogP contribution in [0.3, 0.4) is 0 Å². The van der Waals surface area contributed by atoms with E-state index in [0.29, 0.717) is 25.9 Å². The third-order valence-corrected chi connectivity index (χ3v) is 5.44. The van der Waals surface area contributed by atoms with Crippen molar-refractivity contribution in [2.75, 3.05) is 19.6 Å². The molecule has 0 radical (unpaired) electrons. The Labute approximate surface area is 146 Å². The third kappa shape index (κ3) is 2.97. The van der Waals surface area contributed by atoms with E-state index in [1.165, 1.54) is 0 Å². The van der Waals surface area contributed by atoms with Gasteiger partial charge in [-0.05, 0) is 24.5 Å². The summed E-state index contributed by atoms with van der Waals surface area (Å²) >= 11 is 0. The minimum Gasteiger partial charge on any atom is -0.441 e. The van der Waals surface area contributed by atoms with Gasteiger partial charge in [-0.15, -0.1) is 0 Å². The zero-order chi connectivity index (χ0) is 17.4. The van der Waals surface area contributed by atoms with Crippen LogP contribution in [-0.2, 0) is 23.0 Å². The van der Waals surface area contributed by atoms with E-state index >= 15 is 0 Å². The highest BCUT2D eigenvalue weighted by molar-refractivity contribution is 5.89. The molecule has 1 spiro atoms. The molecule has 0 aliphatic carbocycles. The number of hydrogen-bond acceptors (Lipinski definition) is 3. The van der Waals surface area contributed by atoms with Crippen LogP contribution in [0.5, 0.6) is 0 Å². The lowest BCUT2D eigenvalue weighted by Crippen LogP contribution is -2.37. The number of carbonyl (C=O) groups excluding carboxylic acids is 2. The Morgan fingerprint density at radius 3 is 2.92 bits per heavy atom. The summed E-state index contributed by atoms with van der Waals surface area (Å²) < 4.78 is 7.55. The van der Waals surface area contributed by atoms with Crippen LogP contribution < -0.4 is 5.32 Å². The number of nitrogens with zero attached hydrogens (tertiary/aromatic N) is 2. The highest BCUT2D eigenvalue weighted by Crippen LogP contribution is 2.30. The molecule has 1 atom stereocenters. The Hall–Kier alpha value is -2.50. The van der Waals surface area contributed by atoms with Gasteiger partial charge in [-0.1, -0.05) is 18.2 Å². The van der Waals surface area contributed by atoms with Crippen LogP contribution in [0.4, 0.5) is 4.79 Å². The zero-order valence-electron chi connectivity index (χ0n) is 14.5. The lowest BCUT2D eigenvalue weighted by atomic mass is 9.95. The minimum absolute atomic E-state index is 0.144. The monoisotopic (exact) mass is 341 g/mol. The van der Waals surface area contributed by atoms with Crippen LogP contribution >= 0.6 is 0 Å². The number of hydrogen-bond donors (Lipinski definition) is 1. The van der Waals surface area contributed by atoms with Crippen molar-refractivity contribution in [3.05, 3.63) is 36.0 Å². The summed E-state index contributed by atoms with van der Waals surface area (Å²) in [6.45, 7) is 1.92. The van der Waals surface area contributed by atoms with Crippen molar-refractivity contribution in [1.29, 1.82) is 0 Å². The number of aromatic nitrogens is 1. The fourth-order valence-corrected chi connectivity index (χ4v) is 4.04. The molecule has 4 rings (SSSR count). The summed E-state index contributed by atoms with van der Waals surface area (Å²) in [5.41, 5.74) is 1.78. The first kappa shape index (κ1) is 16.0. The SMILES string of the molecule is Cn1cc(CC(=O)N2CCC[C@]3(CC2)CNC(=O)O3)c2ccccc21. The second-order valence-electron chi connectivity index (χ2n) is 7.12. The van der Waals surface area contributed by atoms with Gasteiger partial charge in [-0.2, -0.15) is 0 Å². The van der Waals surface area contributed by atoms with Crippen LogP contribution in [0.2, 0.25) is 0 Å². The smallest absolute Gasteiger partial charge is 0.407 e. The van der Waals surface area contributed by atoms with Gasteiger partial charge in [0.15, 0.2) is 0 Å². The number of para-hydroxylation sites is 1. The summed E-state index contributed by atoms with van der Waals surface area (Å²) in [6.07, 6.45) is 4.49. The molecular formula is C19H23N3O3. The summed E-state index contributed by atoms with van der Waals surface area (Å²) in [5, 5.41) is 3.88. The average Bonchev–Trinajstić information content (AvgIpc) is 3.03. The van der Waals surface area contributed by atoms with Gasteiger partial charge >= 0.3 is 6.09 Å². The first-order chi connectivity index (χ1) is 12.1. The predicted octanol–water partition coefficient (Wildman–Crippen LogP) is 2.21. The molecule has 2 fully saturated rings. The van der Waals surface area contributed by atoms with Gasteiger partial charge in [-0.25, -0.2) is 4.79 Å². The molecule has 1 aromatic heterocycles. The molecule has 0 saturated carbocycles. The Kier molecular flexibility index (Phi) is 3.90. The number of amides is 2. The van der Waals surface area contributed by atoms with Gasteiger partial charge in [0, 0.05) is 43.7 Å². The molecular weight excluding hydrogens is 318 g/mol. The van der Waals surface area contributed by atoms with E-state index in [-0.39, 0.29) is 12.0 Å². The van der Waals surface area contributed by atoms with E-state index in [0.717, 1.165) is 35.9 Å². The lowest BCUT2D eigenvalue weighted by Gasteiger charge is -2.25. The van der Waals surface area contributed by atoms with Crippen LogP contribution in [0, 0.1) is 0 Å². The van der Waals surface area contributed by atoms with Crippen LogP contribution in [0.15, 0.2) is 30.5 Å². The molecule has 6 heteroatoms. The standard InChI is InChI=1S/C19H23N3O3/c1-21-12-14(15-5-2-3-6-16(15)21)11-17(23)22-9-4-7-19(8-10-22)13-20-18(24)25-19/h2-3,5-6,12H,4,7-11,13H2,1H3,(H,20,24)/t19-/m0/s1. The number of carbonyl (C=O) groups is 2. The van der Waals surface area contributed by atoms with Gasteiger partial charge in [0.1, 0.15) is 5.60 Å². The van der Waals surface area contributed by atoms with Crippen molar-refractivity contribution in [1.82, 2.24) is 14.8 Å². The fourth-order valence-electron chi connectivity index (χ4n) is 4.04. The fraction of sp³-hybridized carbons (Fsp3) is 0.474. The molecule has 2 aliphatic heterocycles. The van der Waals surface area contributed by atoms with E-state index in [9.17, 15) is 9.59 Å². The molecule has 25 heavy (non-hydrogen) atoms. The Morgan fingerprint density at radius 2 is 2.12 bits per heavy atom. The largest absolute Gasteiger partial charge is 0.441 e. The maximum atomic E-state index is 12.8. The van der Waals surface area contributed by atoms with E-state index in [1.54, 1.807) is 0 Å². The molecule has 2 saturated heterocycles. The van der Waals surface area contributed by atoms with Gasteiger partial charge in [0.25, 0.3) is 0 Å². The van der Waals surface area contributed by atoms with Crippen molar-refractivity contribution >= 4 is 22.9 Å². The Balaban J connectivity index is 1.47. The van der Waals surface area contributed by atoms with Crippen molar-refractivity contribution in [2.45, 2.75) is 31.3 Å². The molecule has 1 N–H and O–H groups in total. The molecule has 132 valence electrons. The van der Waals surface area contributed by atoms with Gasteiger partial charge in [0.2, 0.25) is 5.91 Å². The highest BCUT2D eigenvalue weighted by atomic mass is 16.6. The summed E-state index contributed by atoms with van der Waals surface area (Å²) in [7, 11) is 2.01. The molecule has 3 heterocycles. The van der Waals surface area contributed by atoms with Gasteiger partial charge in [-0.3, -0.25) is 4.79 Å². The highest BCUT2D eigenvalue weighted by Gasteiger charge is 2.41. The maximum Gasteiger partial charge on any atom is 0.407 e. The van der Waals surface area contributed by atoms with Gasteiger partial charge in [0.05, 0.1) is 13.0 Å². The van der Waals surface area contributed by atoms with E-state index in [2.05, 4.69) is 22.0 Å². The molecule has 2 aromatic rings. The summed E-state index contributed by atoms with van der Waals surface area (Å²) in [5.74, 6) is 0.144. The first-order valence-electron chi connectivity index (χ1n) is 8.84. The number of alkyl carbamates (subject to hydrolysis) is 1. The topological polar surface area (TPSA) is 63.6 Å². The summed E-state index contributed by atoms with van der Waals surface area (Å²) in [6, 6.07) is 8.16. The molecule has 6 nitrogen and oxygen atoms in total. The van der Waals surface area contributed by atoms with Crippen LogP contribution in [-0.4, -0.2) is 46.7 Å². The van der Waals surface area contributed by atoms with Crippen molar-refractivity contribution < 1.29 is 14.3 Å². The molecule has 0 unspecified atom stereocenters. The molecule has 2 amide bonds. The van der Waals surface area contributed by atoms with E-state index < -0.39 is 5.60 Å². The Morgan fingerprint density at radius 1 is 1.28 bits per heavy atom. The van der Waals surface area contributed by atoms with Gasteiger partial charge < -0.3 is 19.5 Å². The van der Waals surface area contributed by atoms with Crippen molar-refractivity contribution in [2.24, 2.45) is 7.05 Å². The van der Waals surface area contributed by atoms with Crippen LogP contribution in [0.1, 0.15) is 24.8 Å². The number of ether oxygens (including phenoxy) is 1. The summed E-state index contributed by atoms with van der Waals surface area (Å²) in [4.78, 5) is 26.1.